The van der Waals surface area contributed by atoms with E-state index < -0.39 is 0 Å². The van der Waals surface area contributed by atoms with E-state index in [0.717, 1.165) is 17.1 Å². The molecular formula is C15H20N2O. The van der Waals surface area contributed by atoms with Crippen LogP contribution in [0.25, 0.3) is 0 Å². The van der Waals surface area contributed by atoms with E-state index >= 15 is 0 Å². The standard InChI is InChI=1S/C8H11NO.C7H9N/c1-2-10-8-5-3-4-7(9)6-8;1-6-2-4-7(8)5-3-6/h3-6H,2,9H2,1H3;2-5H,8H2,1H3. The van der Waals surface area contributed by atoms with Crippen molar-refractivity contribution in [2.24, 2.45) is 0 Å². The van der Waals surface area contributed by atoms with Crippen molar-refractivity contribution in [3.8, 4) is 5.75 Å². The molecule has 0 aliphatic rings. The molecule has 2 aromatic rings. The lowest BCUT2D eigenvalue weighted by Gasteiger charge is -2.01. The van der Waals surface area contributed by atoms with Gasteiger partial charge in [0.25, 0.3) is 0 Å². The van der Waals surface area contributed by atoms with Gasteiger partial charge < -0.3 is 16.2 Å². The summed E-state index contributed by atoms with van der Waals surface area (Å²) in [7, 11) is 0. The molecule has 0 aliphatic carbocycles. The molecule has 0 saturated heterocycles. The number of nitrogen functional groups attached to an aromatic ring is 2. The smallest absolute Gasteiger partial charge is 0.121 e. The van der Waals surface area contributed by atoms with Crippen LogP contribution in [0.3, 0.4) is 0 Å². The van der Waals surface area contributed by atoms with E-state index in [1.165, 1.54) is 5.56 Å². The maximum absolute atomic E-state index is 5.51. The van der Waals surface area contributed by atoms with Crippen LogP contribution in [0.5, 0.6) is 5.75 Å². The Bertz CT molecular complexity index is 445. The minimum atomic E-state index is 0.684. The van der Waals surface area contributed by atoms with Crippen LogP contribution >= 0.6 is 0 Å². The zero-order valence-corrected chi connectivity index (χ0v) is 10.9. The summed E-state index contributed by atoms with van der Waals surface area (Å²) >= 11 is 0. The summed E-state index contributed by atoms with van der Waals surface area (Å²) in [5, 5.41) is 0. The van der Waals surface area contributed by atoms with Crippen molar-refractivity contribution < 1.29 is 4.74 Å². The first-order valence-electron chi connectivity index (χ1n) is 5.92. The molecule has 0 radical (unpaired) electrons. The van der Waals surface area contributed by atoms with Gasteiger partial charge in [-0.2, -0.15) is 0 Å². The second kappa shape index (κ2) is 7.22. The number of hydrogen-bond acceptors (Lipinski definition) is 3. The third kappa shape index (κ3) is 5.25. The van der Waals surface area contributed by atoms with Gasteiger partial charge in [-0.1, -0.05) is 23.8 Å². The van der Waals surface area contributed by atoms with E-state index in [0.29, 0.717) is 6.61 Å². The Morgan fingerprint density at radius 3 is 2.11 bits per heavy atom. The molecule has 2 rings (SSSR count). The predicted octanol–water partition coefficient (Wildman–Crippen LogP) is 3.24. The molecular weight excluding hydrogens is 224 g/mol. The van der Waals surface area contributed by atoms with Gasteiger partial charge in [0.1, 0.15) is 5.75 Å². The summed E-state index contributed by atoms with van der Waals surface area (Å²) in [6.07, 6.45) is 0. The minimum Gasteiger partial charge on any atom is -0.494 e. The first kappa shape index (κ1) is 13.9. The highest BCUT2D eigenvalue weighted by Crippen LogP contribution is 2.13. The summed E-state index contributed by atoms with van der Waals surface area (Å²) in [6.45, 7) is 4.67. The number of aryl methyl sites for hydroxylation is 1. The van der Waals surface area contributed by atoms with E-state index in [9.17, 15) is 0 Å². The van der Waals surface area contributed by atoms with E-state index in [-0.39, 0.29) is 0 Å². The SMILES string of the molecule is CCOc1cccc(N)c1.Cc1ccc(N)cc1. The van der Waals surface area contributed by atoms with Crippen LogP contribution < -0.4 is 16.2 Å². The monoisotopic (exact) mass is 244 g/mol. The van der Waals surface area contributed by atoms with E-state index in [1.54, 1.807) is 0 Å². The van der Waals surface area contributed by atoms with Gasteiger partial charge in [0.2, 0.25) is 0 Å². The van der Waals surface area contributed by atoms with Gasteiger partial charge in [0.15, 0.2) is 0 Å². The number of hydrogen-bond donors (Lipinski definition) is 2. The Labute approximate surface area is 108 Å². The molecule has 3 nitrogen and oxygen atoms in total. The van der Waals surface area contributed by atoms with E-state index in [2.05, 4.69) is 0 Å². The van der Waals surface area contributed by atoms with Crippen molar-refractivity contribution >= 4 is 11.4 Å². The third-order valence-electron chi connectivity index (χ3n) is 2.25. The fraction of sp³-hybridized carbons (Fsp3) is 0.200. The van der Waals surface area contributed by atoms with Crippen LogP contribution in [0.1, 0.15) is 12.5 Å². The Kier molecular flexibility index (Phi) is 5.58. The fourth-order valence-electron chi connectivity index (χ4n) is 1.34. The van der Waals surface area contributed by atoms with Crippen molar-refractivity contribution in [2.45, 2.75) is 13.8 Å². The van der Waals surface area contributed by atoms with E-state index in [1.807, 2.05) is 62.4 Å². The van der Waals surface area contributed by atoms with Crippen molar-refractivity contribution in [1.29, 1.82) is 0 Å². The molecule has 96 valence electrons. The van der Waals surface area contributed by atoms with Gasteiger partial charge in [0, 0.05) is 17.4 Å². The van der Waals surface area contributed by atoms with Crippen molar-refractivity contribution in [2.75, 3.05) is 18.1 Å². The highest BCUT2D eigenvalue weighted by Gasteiger charge is 1.89. The predicted molar refractivity (Wildman–Crippen MR) is 77.6 cm³/mol. The lowest BCUT2D eigenvalue weighted by atomic mass is 10.2. The van der Waals surface area contributed by atoms with E-state index in [4.69, 9.17) is 16.2 Å². The fourth-order valence-corrected chi connectivity index (χ4v) is 1.34. The van der Waals surface area contributed by atoms with Crippen LogP contribution in [0, 0.1) is 6.92 Å². The summed E-state index contributed by atoms with van der Waals surface area (Å²) in [5.74, 6) is 0.836. The highest BCUT2D eigenvalue weighted by atomic mass is 16.5. The molecule has 0 heterocycles. The first-order valence-corrected chi connectivity index (χ1v) is 5.92. The molecule has 3 heteroatoms. The zero-order chi connectivity index (χ0) is 13.4. The maximum Gasteiger partial charge on any atom is 0.121 e. The van der Waals surface area contributed by atoms with Gasteiger partial charge in [-0.15, -0.1) is 0 Å². The molecule has 0 amide bonds. The number of ether oxygens (including phenoxy) is 1. The summed E-state index contributed by atoms with van der Waals surface area (Å²) in [4.78, 5) is 0. The molecule has 0 saturated carbocycles. The molecule has 0 aliphatic heterocycles. The lowest BCUT2D eigenvalue weighted by molar-refractivity contribution is 0.340. The van der Waals surface area contributed by atoms with Crippen molar-refractivity contribution in [1.82, 2.24) is 0 Å². The van der Waals surface area contributed by atoms with Crippen LogP contribution in [0.2, 0.25) is 0 Å². The van der Waals surface area contributed by atoms with Gasteiger partial charge in [-0.25, -0.2) is 0 Å². The number of anilines is 2. The highest BCUT2D eigenvalue weighted by molar-refractivity contribution is 5.43. The topological polar surface area (TPSA) is 61.3 Å². The quantitative estimate of drug-likeness (QED) is 0.797. The maximum atomic E-state index is 5.51. The third-order valence-corrected chi connectivity index (χ3v) is 2.25. The largest absolute Gasteiger partial charge is 0.494 e. The second-order valence-electron chi connectivity index (χ2n) is 3.92. The summed E-state index contributed by atoms with van der Waals surface area (Å²) < 4.78 is 5.21. The minimum absolute atomic E-state index is 0.684. The molecule has 0 bridgehead atoms. The van der Waals surface area contributed by atoms with Crippen LogP contribution in [-0.2, 0) is 0 Å². The molecule has 4 N–H and O–H groups in total. The lowest BCUT2D eigenvalue weighted by Crippen LogP contribution is -1.92. The summed E-state index contributed by atoms with van der Waals surface area (Å²) in [5.41, 5.74) is 13.8. The van der Waals surface area contributed by atoms with Crippen molar-refractivity contribution in [3.05, 3.63) is 54.1 Å². The van der Waals surface area contributed by atoms with Crippen LogP contribution in [0.4, 0.5) is 11.4 Å². The van der Waals surface area contributed by atoms with Gasteiger partial charge >= 0.3 is 0 Å². The Balaban J connectivity index is 0.000000184. The Hall–Kier alpha value is -2.16. The molecule has 2 aromatic carbocycles. The molecule has 0 aromatic heterocycles. The molecule has 0 fully saturated rings. The molecule has 0 atom stereocenters. The molecule has 0 unspecified atom stereocenters. The van der Waals surface area contributed by atoms with Gasteiger partial charge in [0.05, 0.1) is 6.61 Å². The molecule has 0 spiro atoms. The van der Waals surface area contributed by atoms with Crippen molar-refractivity contribution in [3.63, 3.8) is 0 Å². The first-order chi connectivity index (χ1) is 8.61. The van der Waals surface area contributed by atoms with Gasteiger partial charge in [-0.05, 0) is 38.1 Å². The normalized spacial score (nSPS) is 9.22. The average molecular weight is 244 g/mol. The summed E-state index contributed by atoms with van der Waals surface area (Å²) in [6, 6.07) is 15.2. The van der Waals surface area contributed by atoms with Crippen LogP contribution in [0.15, 0.2) is 48.5 Å². The molecule has 18 heavy (non-hydrogen) atoms. The number of nitrogens with two attached hydrogens (primary N) is 2. The Morgan fingerprint density at radius 1 is 0.944 bits per heavy atom. The average Bonchev–Trinajstić information content (AvgIpc) is 2.34. The second-order valence-corrected chi connectivity index (χ2v) is 3.92. The number of benzene rings is 2. The van der Waals surface area contributed by atoms with Gasteiger partial charge in [-0.3, -0.25) is 0 Å². The number of rotatable bonds is 2. The van der Waals surface area contributed by atoms with Crippen LogP contribution in [-0.4, -0.2) is 6.61 Å². The zero-order valence-electron chi connectivity index (χ0n) is 10.9. The Morgan fingerprint density at radius 2 is 1.61 bits per heavy atom.